The topological polar surface area (TPSA) is 96.0 Å². The molecule has 0 radical (unpaired) electrons. The molecule has 1 aromatic carbocycles. The second-order valence-corrected chi connectivity index (χ2v) is 4.90. The van der Waals surface area contributed by atoms with Gasteiger partial charge >= 0.3 is 0 Å². The van der Waals surface area contributed by atoms with E-state index >= 15 is 0 Å². The number of nitrogens with one attached hydrogen (secondary N) is 1. The summed E-state index contributed by atoms with van der Waals surface area (Å²) in [5, 5.41) is 16.0. The van der Waals surface area contributed by atoms with Gasteiger partial charge in [-0.05, 0) is 31.2 Å². The van der Waals surface area contributed by atoms with Gasteiger partial charge in [-0.2, -0.15) is 10.2 Å². The van der Waals surface area contributed by atoms with E-state index in [2.05, 4.69) is 20.4 Å². The molecule has 2 aromatic heterocycles. The highest BCUT2D eigenvalue weighted by Gasteiger charge is 2.15. The maximum atomic E-state index is 12.2. The maximum Gasteiger partial charge on any atom is 0.295 e. The van der Waals surface area contributed by atoms with E-state index < -0.39 is 5.91 Å². The number of hydrogen-bond acceptors (Lipinski definition) is 5. The quantitative estimate of drug-likeness (QED) is 0.782. The van der Waals surface area contributed by atoms with Crippen LogP contribution < -0.4 is 5.32 Å². The first kappa shape index (κ1) is 14.0. The van der Waals surface area contributed by atoms with Gasteiger partial charge in [-0.25, -0.2) is 9.50 Å². The number of carbonyl (C=O) groups is 1. The van der Waals surface area contributed by atoms with Crippen LogP contribution >= 0.6 is 11.6 Å². The highest BCUT2D eigenvalue weighted by atomic mass is 35.5. The van der Waals surface area contributed by atoms with Crippen LogP contribution in [0.5, 0.6) is 0 Å². The summed E-state index contributed by atoms with van der Waals surface area (Å²) in [6.45, 7) is 1.84. The molecule has 0 spiro atoms. The molecule has 0 aliphatic heterocycles. The summed E-state index contributed by atoms with van der Waals surface area (Å²) < 4.78 is 1.48. The van der Waals surface area contributed by atoms with Gasteiger partial charge < -0.3 is 5.32 Å². The summed E-state index contributed by atoms with van der Waals surface area (Å²) in [6.07, 6.45) is 1.60. The van der Waals surface area contributed by atoms with Gasteiger partial charge in [0.05, 0.1) is 10.6 Å². The SMILES string of the molecule is Cc1ccnc2nc(C(=O)Nc3ccc(Cl)c(C#N)c3)nn12. The summed E-state index contributed by atoms with van der Waals surface area (Å²) >= 11 is 5.85. The zero-order valence-electron chi connectivity index (χ0n) is 11.4. The fourth-order valence-electron chi connectivity index (χ4n) is 1.88. The molecule has 0 unspecified atom stereocenters. The number of fused-ring (bicyclic) bond motifs is 1. The second-order valence-electron chi connectivity index (χ2n) is 4.49. The van der Waals surface area contributed by atoms with Crippen LogP contribution in [0.4, 0.5) is 5.69 Å². The largest absolute Gasteiger partial charge is 0.319 e. The predicted molar refractivity (Wildman–Crippen MR) is 79.6 cm³/mol. The van der Waals surface area contributed by atoms with Crippen molar-refractivity contribution in [2.45, 2.75) is 6.92 Å². The smallest absolute Gasteiger partial charge is 0.295 e. The van der Waals surface area contributed by atoms with Crippen LogP contribution in [0.2, 0.25) is 5.02 Å². The standard InChI is InChI=1S/C14H9ClN6O/c1-8-4-5-17-14-19-12(20-21(8)14)13(22)18-10-2-3-11(15)9(6-10)7-16/h2-6H,1H3,(H,18,22). The Bertz CT molecular complexity index is 927. The van der Waals surface area contributed by atoms with E-state index in [1.165, 1.54) is 10.6 Å². The number of carbonyl (C=O) groups excluding carboxylic acids is 1. The molecule has 8 heteroatoms. The Morgan fingerprint density at radius 3 is 2.95 bits per heavy atom. The van der Waals surface area contributed by atoms with Crippen LogP contribution in [0.1, 0.15) is 21.9 Å². The van der Waals surface area contributed by atoms with E-state index in [9.17, 15) is 4.79 Å². The lowest BCUT2D eigenvalue weighted by Crippen LogP contribution is -2.14. The number of aryl methyl sites for hydroxylation is 1. The van der Waals surface area contributed by atoms with Crippen molar-refractivity contribution in [3.05, 3.63) is 52.6 Å². The van der Waals surface area contributed by atoms with Crippen LogP contribution in [0.25, 0.3) is 5.78 Å². The minimum atomic E-state index is -0.490. The molecule has 3 aromatic rings. The van der Waals surface area contributed by atoms with Crippen LogP contribution in [0, 0.1) is 18.3 Å². The Kier molecular flexibility index (Phi) is 3.45. The predicted octanol–water partition coefficient (Wildman–Crippen LogP) is 2.21. The van der Waals surface area contributed by atoms with E-state index in [0.29, 0.717) is 16.5 Å². The molecule has 0 aliphatic rings. The minimum Gasteiger partial charge on any atom is -0.319 e. The van der Waals surface area contributed by atoms with E-state index in [4.69, 9.17) is 16.9 Å². The van der Waals surface area contributed by atoms with Gasteiger partial charge in [0.15, 0.2) is 0 Å². The van der Waals surface area contributed by atoms with Crippen LogP contribution in [-0.4, -0.2) is 25.5 Å². The Hall–Kier alpha value is -2.98. The molecule has 108 valence electrons. The maximum absolute atomic E-state index is 12.2. The monoisotopic (exact) mass is 312 g/mol. The lowest BCUT2D eigenvalue weighted by molar-refractivity contribution is 0.101. The van der Waals surface area contributed by atoms with Gasteiger partial charge in [-0.15, -0.1) is 5.10 Å². The second kappa shape index (κ2) is 5.42. The third-order valence-corrected chi connectivity index (χ3v) is 3.31. The van der Waals surface area contributed by atoms with Crippen molar-refractivity contribution >= 4 is 29.0 Å². The highest BCUT2D eigenvalue weighted by Crippen LogP contribution is 2.20. The van der Waals surface area contributed by atoms with Crippen molar-refractivity contribution in [1.29, 1.82) is 5.26 Å². The molecule has 0 atom stereocenters. The number of halogens is 1. The van der Waals surface area contributed by atoms with Gasteiger partial charge in [-0.3, -0.25) is 4.79 Å². The lowest BCUT2D eigenvalue weighted by atomic mass is 10.2. The van der Waals surface area contributed by atoms with Crippen molar-refractivity contribution < 1.29 is 4.79 Å². The molecule has 0 aliphatic carbocycles. The highest BCUT2D eigenvalue weighted by molar-refractivity contribution is 6.31. The molecule has 7 nitrogen and oxygen atoms in total. The first-order valence-corrected chi connectivity index (χ1v) is 6.65. The molecule has 2 heterocycles. The molecule has 0 fully saturated rings. The Labute approximate surface area is 130 Å². The minimum absolute atomic E-state index is 0.00439. The van der Waals surface area contributed by atoms with E-state index in [1.807, 2.05) is 13.0 Å². The third-order valence-electron chi connectivity index (χ3n) is 2.98. The molecule has 1 N–H and O–H groups in total. The van der Waals surface area contributed by atoms with Crippen LogP contribution in [0.15, 0.2) is 30.5 Å². The third kappa shape index (κ3) is 2.47. The summed E-state index contributed by atoms with van der Waals surface area (Å²) in [5.41, 5.74) is 1.53. The van der Waals surface area contributed by atoms with Gasteiger partial charge in [0.1, 0.15) is 6.07 Å². The molecule has 3 rings (SSSR count). The summed E-state index contributed by atoms with van der Waals surface area (Å²) in [4.78, 5) is 20.3. The zero-order valence-corrected chi connectivity index (χ0v) is 12.2. The van der Waals surface area contributed by atoms with E-state index in [0.717, 1.165) is 5.69 Å². The number of hydrogen-bond donors (Lipinski definition) is 1. The number of anilines is 1. The van der Waals surface area contributed by atoms with Gasteiger partial charge in [-0.1, -0.05) is 11.6 Å². The van der Waals surface area contributed by atoms with E-state index in [1.54, 1.807) is 24.4 Å². The van der Waals surface area contributed by atoms with Crippen molar-refractivity contribution in [2.24, 2.45) is 0 Å². The summed E-state index contributed by atoms with van der Waals surface area (Å²) in [5.74, 6) is -0.148. The van der Waals surface area contributed by atoms with Crippen LogP contribution in [-0.2, 0) is 0 Å². The molecular formula is C14H9ClN6O. The van der Waals surface area contributed by atoms with E-state index in [-0.39, 0.29) is 11.4 Å². The number of aromatic nitrogens is 4. The molecule has 0 saturated heterocycles. The van der Waals surface area contributed by atoms with Crippen molar-refractivity contribution in [3.63, 3.8) is 0 Å². The normalized spacial score (nSPS) is 10.4. The molecule has 22 heavy (non-hydrogen) atoms. The Balaban J connectivity index is 1.90. The molecule has 0 bridgehead atoms. The fourth-order valence-corrected chi connectivity index (χ4v) is 2.04. The Morgan fingerprint density at radius 2 is 2.23 bits per heavy atom. The number of benzene rings is 1. The number of rotatable bonds is 2. The van der Waals surface area contributed by atoms with Crippen molar-refractivity contribution in [2.75, 3.05) is 5.32 Å². The summed E-state index contributed by atoms with van der Waals surface area (Å²) in [6, 6.07) is 8.34. The average Bonchev–Trinajstić information content (AvgIpc) is 2.95. The van der Waals surface area contributed by atoms with Crippen LogP contribution in [0.3, 0.4) is 0 Å². The lowest BCUT2D eigenvalue weighted by Gasteiger charge is -2.03. The molecular weight excluding hydrogens is 304 g/mol. The first-order valence-electron chi connectivity index (χ1n) is 6.28. The number of amides is 1. The van der Waals surface area contributed by atoms with Gasteiger partial charge in [0.25, 0.3) is 11.7 Å². The summed E-state index contributed by atoms with van der Waals surface area (Å²) in [7, 11) is 0. The van der Waals surface area contributed by atoms with Gasteiger partial charge in [0.2, 0.25) is 5.82 Å². The van der Waals surface area contributed by atoms with Crippen molar-refractivity contribution in [3.8, 4) is 6.07 Å². The fraction of sp³-hybridized carbons (Fsp3) is 0.0714. The molecule has 1 amide bonds. The first-order chi connectivity index (χ1) is 10.6. The van der Waals surface area contributed by atoms with Gasteiger partial charge in [0, 0.05) is 17.6 Å². The number of nitrogens with zero attached hydrogens (tertiary/aromatic N) is 5. The van der Waals surface area contributed by atoms with Crippen molar-refractivity contribution in [1.82, 2.24) is 19.6 Å². The Morgan fingerprint density at radius 1 is 1.41 bits per heavy atom. The molecule has 0 saturated carbocycles. The average molecular weight is 313 g/mol. The number of nitriles is 1. The zero-order chi connectivity index (χ0) is 15.7.